The van der Waals surface area contributed by atoms with Crippen molar-refractivity contribution < 1.29 is 13.2 Å². The lowest BCUT2D eigenvalue weighted by atomic mass is 10.3. The first-order chi connectivity index (χ1) is 9.84. The lowest BCUT2D eigenvalue weighted by molar-refractivity contribution is 0.216. The van der Waals surface area contributed by atoms with Crippen LogP contribution in [0.3, 0.4) is 0 Å². The molecule has 8 heteroatoms. The fourth-order valence-electron chi connectivity index (χ4n) is 2.41. The number of carbonyl (C=O) groups excluding carboxylic acids is 1. The van der Waals surface area contributed by atoms with Gasteiger partial charge in [0.25, 0.3) is 0 Å². The Labute approximate surface area is 125 Å². The molecule has 0 aliphatic carbocycles. The van der Waals surface area contributed by atoms with Gasteiger partial charge in [-0.15, -0.1) is 0 Å². The summed E-state index contributed by atoms with van der Waals surface area (Å²) in [4.78, 5) is 13.8. The third-order valence-electron chi connectivity index (χ3n) is 3.68. The van der Waals surface area contributed by atoms with Crippen LogP contribution < -0.4 is 5.32 Å². The SMILES string of the molecule is CCCn1nc(C)c(NC(=O)N2CCS(=O)(=O)CC2)c1C. The number of aromatic nitrogens is 2. The van der Waals surface area contributed by atoms with E-state index in [4.69, 9.17) is 0 Å². The average Bonchev–Trinajstić information content (AvgIpc) is 2.67. The predicted molar refractivity (Wildman–Crippen MR) is 81.2 cm³/mol. The molecule has 1 aromatic heterocycles. The highest BCUT2D eigenvalue weighted by Gasteiger charge is 2.26. The maximum absolute atomic E-state index is 12.2. The summed E-state index contributed by atoms with van der Waals surface area (Å²) in [6.07, 6.45) is 0.972. The molecular weight excluding hydrogens is 292 g/mol. The van der Waals surface area contributed by atoms with Gasteiger partial charge in [0.15, 0.2) is 9.84 Å². The highest BCUT2D eigenvalue weighted by molar-refractivity contribution is 7.91. The van der Waals surface area contributed by atoms with Gasteiger partial charge in [-0.3, -0.25) is 4.68 Å². The van der Waals surface area contributed by atoms with Gasteiger partial charge in [-0.05, 0) is 20.3 Å². The zero-order valence-electron chi connectivity index (χ0n) is 12.7. The van der Waals surface area contributed by atoms with Crippen LogP contribution in [0.2, 0.25) is 0 Å². The standard InChI is InChI=1S/C13H22N4O3S/c1-4-5-17-11(3)12(10(2)15-17)14-13(18)16-6-8-21(19,20)9-7-16/h4-9H2,1-3H3,(H,14,18). The van der Waals surface area contributed by atoms with Crippen molar-refractivity contribution in [2.24, 2.45) is 0 Å². The highest BCUT2D eigenvalue weighted by atomic mass is 32.2. The Morgan fingerprint density at radius 3 is 2.48 bits per heavy atom. The van der Waals surface area contributed by atoms with Crippen LogP contribution in [0.5, 0.6) is 0 Å². The smallest absolute Gasteiger partial charge is 0.322 e. The Morgan fingerprint density at radius 2 is 1.90 bits per heavy atom. The molecule has 1 aromatic rings. The van der Waals surface area contributed by atoms with E-state index in [2.05, 4.69) is 17.3 Å². The minimum absolute atomic E-state index is 0.0352. The highest BCUT2D eigenvalue weighted by Crippen LogP contribution is 2.20. The molecule has 1 fully saturated rings. The number of aryl methyl sites for hydroxylation is 2. The van der Waals surface area contributed by atoms with Crippen molar-refractivity contribution in [3.63, 3.8) is 0 Å². The van der Waals surface area contributed by atoms with Crippen molar-refractivity contribution in [3.8, 4) is 0 Å². The second kappa shape index (κ2) is 6.05. The van der Waals surface area contributed by atoms with E-state index in [-0.39, 0.29) is 30.6 Å². The summed E-state index contributed by atoms with van der Waals surface area (Å²) in [5.74, 6) is 0.0704. The van der Waals surface area contributed by atoms with Crippen molar-refractivity contribution in [1.29, 1.82) is 0 Å². The predicted octanol–water partition coefficient (Wildman–Crippen LogP) is 1.17. The quantitative estimate of drug-likeness (QED) is 0.907. The average molecular weight is 314 g/mol. The summed E-state index contributed by atoms with van der Waals surface area (Å²) in [7, 11) is -2.98. The van der Waals surface area contributed by atoms with E-state index in [0.717, 1.165) is 30.0 Å². The maximum Gasteiger partial charge on any atom is 0.322 e. The summed E-state index contributed by atoms with van der Waals surface area (Å²) in [6.45, 7) is 7.15. The second-order valence-corrected chi connectivity index (χ2v) is 7.64. The molecule has 2 rings (SSSR count). The monoisotopic (exact) mass is 314 g/mol. The lowest BCUT2D eigenvalue weighted by Crippen LogP contribution is -2.45. The first kappa shape index (κ1) is 15.8. The van der Waals surface area contributed by atoms with Crippen molar-refractivity contribution in [1.82, 2.24) is 14.7 Å². The summed E-state index contributed by atoms with van der Waals surface area (Å²) in [5, 5.41) is 7.27. The molecule has 0 unspecified atom stereocenters. The summed E-state index contributed by atoms with van der Waals surface area (Å²) >= 11 is 0. The Balaban J connectivity index is 2.06. The molecule has 0 spiro atoms. The number of hydrogen-bond acceptors (Lipinski definition) is 4. The molecule has 21 heavy (non-hydrogen) atoms. The Morgan fingerprint density at radius 1 is 1.29 bits per heavy atom. The van der Waals surface area contributed by atoms with Gasteiger partial charge in [-0.2, -0.15) is 5.10 Å². The van der Waals surface area contributed by atoms with E-state index < -0.39 is 9.84 Å². The molecule has 2 heterocycles. The number of urea groups is 1. The van der Waals surface area contributed by atoms with Crippen LogP contribution in [0.15, 0.2) is 0 Å². The molecule has 7 nitrogen and oxygen atoms in total. The van der Waals surface area contributed by atoms with Crippen LogP contribution in [0.1, 0.15) is 24.7 Å². The molecule has 0 bridgehead atoms. The van der Waals surface area contributed by atoms with Crippen LogP contribution >= 0.6 is 0 Å². The minimum Gasteiger partial charge on any atom is -0.322 e. The Hall–Kier alpha value is -1.57. The molecule has 118 valence electrons. The molecule has 1 saturated heterocycles. The molecule has 1 N–H and O–H groups in total. The molecule has 0 aromatic carbocycles. The van der Waals surface area contributed by atoms with Gasteiger partial charge in [0, 0.05) is 19.6 Å². The molecule has 0 saturated carbocycles. The number of carbonyl (C=O) groups is 1. The maximum atomic E-state index is 12.2. The number of nitrogens with zero attached hydrogens (tertiary/aromatic N) is 3. The van der Waals surface area contributed by atoms with E-state index in [0.29, 0.717) is 0 Å². The Bertz CT molecular complexity index is 622. The van der Waals surface area contributed by atoms with Crippen LogP contribution in [-0.4, -0.2) is 53.7 Å². The van der Waals surface area contributed by atoms with Crippen molar-refractivity contribution >= 4 is 21.6 Å². The first-order valence-corrected chi connectivity index (χ1v) is 8.96. The van der Waals surface area contributed by atoms with E-state index in [1.54, 1.807) is 0 Å². The number of rotatable bonds is 3. The van der Waals surface area contributed by atoms with E-state index >= 15 is 0 Å². The fourth-order valence-corrected chi connectivity index (χ4v) is 3.61. The van der Waals surface area contributed by atoms with Crippen molar-refractivity contribution in [3.05, 3.63) is 11.4 Å². The van der Waals surface area contributed by atoms with Gasteiger partial charge >= 0.3 is 6.03 Å². The summed E-state index contributed by atoms with van der Waals surface area (Å²) in [6, 6.07) is -0.257. The van der Waals surface area contributed by atoms with Crippen molar-refractivity contribution in [2.75, 3.05) is 29.9 Å². The third-order valence-corrected chi connectivity index (χ3v) is 5.29. The summed E-state index contributed by atoms with van der Waals surface area (Å²) in [5.41, 5.74) is 2.42. The number of sulfone groups is 1. The number of amides is 2. The third kappa shape index (κ3) is 3.55. The molecule has 1 aliphatic heterocycles. The minimum atomic E-state index is -2.98. The van der Waals surface area contributed by atoms with Gasteiger partial charge in [0.05, 0.1) is 28.6 Å². The van der Waals surface area contributed by atoms with Crippen molar-refractivity contribution in [2.45, 2.75) is 33.7 Å². The normalized spacial score (nSPS) is 17.8. The van der Waals surface area contributed by atoms with Crippen LogP contribution in [0.25, 0.3) is 0 Å². The van der Waals surface area contributed by atoms with Gasteiger partial charge < -0.3 is 10.2 Å². The van der Waals surface area contributed by atoms with Gasteiger partial charge in [-0.1, -0.05) is 6.92 Å². The van der Waals surface area contributed by atoms with Crippen LogP contribution in [-0.2, 0) is 16.4 Å². The first-order valence-electron chi connectivity index (χ1n) is 7.14. The fraction of sp³-hybridized carbons (Fsp3) is 0.692. The van der Waals surface area contributed by atoms with Gasteiger partial charge in [0.1, 0.15) is 0 Å². The zero-order valence-corrected chi connectivity index (χ0v) is 13.5. The molecular formula is C13H22N4O3S. The van der Waals surface area contributed by atoms with E-state index in [1.165, 1.54) is 4.90 Å². The Kier molecular flexibility index (Phi) is 4.55. The molecule has 0 radical (unpaired) electrons. The molecule has 1 aliphatic rings. The topological polar surface area (TPSA) is 84.3 Å². The largest absolute Gasteiger partial charge is 0.322 e. The number of anilines is 1. The van der Waals surface area contributed by atoms with E-state index in [1.807, 2.05) is 18.5 Å². The van der Waals surface area contributed by atoms with E-state index in [9.17, 15) is 13.2 Å². The zero-order chi connectivity index (χ0) is 15.6. The van der Waals surface area contributed by atoms with Gasteiger partial charge in [-0.25, -0.2) is 13.2 Å². The van der Waals surface area contributed by atoms with Gasteiger partial charge in [0.2, 0.25) is 0 Å². The lowest BCUT2D eigenvalue weighted by Gasteiger charge is -2.26. The number of nitrogens with one attached hydrogen (secondary N) is 1. The molecule has 2 amide bonds. The number of hydrogen-bond donors (Lipinski definition) is 1. The van der Waals surface area contributed by atoms with Crippen LogP contribution in [0.4, 0.5) is 10.5 Å². The summed E-state index contributed by atoms with van der Waals surface area (Å²) < 4.78 is 24.7. The molecule has 0 atom stereocenters. The van der Waals surface area contributed by atoms with Crippen LogP contribution in [0, 0.1) is 13.8 Å². The second-order valence-electron chi connectivity index (χ2n) is 5.34.